The first-order valence-electron chi connectivity index (χ1n) is 6.98. The van der Waals surface area contributed by atoms with Gasteiger partial charge in [-0.3, -0.25) is 9.78 Å². The molecule has 0 bridgehead atoms. The molecule has 1 aliphatic rings. The Hall–Kier alpha value is -2.00. The summed E-state index contributed by atoms with van der Waals surface area (Å²) in [6.45, 7) is 0. The van der Waals surface area contributed by atoms with Gasteiger partial charge in [0.1, 0.15) is 6.10 Å². The van der Waals surface area contributed by atoms with Gasteiger partial charge in [-0.05, 0) is 36.5 Å². The van der Waals surface area contributed by atoms with Crippen molar-refractivity contribution in [2.24, 2.45) is 0 Å². The Balaban J connectivity index is 1.89. The third-order valence-electron chi connectivity index (χ3n) is 3.92. The van der Waals surface area contributed by atoms with Crippen molar-refractivity contribution in [3.8, 4) is 0 Å². The monoisotopic (exact) mass is 267 g/mol. The van der Waals surface area contributed by atoms with E-state index in [1.54, 1.807) is 18.3 Å². The third-order valence-corrected chi connectivity index (χ3v) is 3.92. The van der Waals surface area contributed by atoms with Gasteiger partial charge in [0.15, 0.2) is 5.78 Å². The van der Waals surface area contributed by atoms with Crippen molar-refractivity contribution in [1.82, 2.24) is 4.98 Å². The molecule has 0 spiro atoms. The average molecular weight is 267 g/mol. The predicted molar refractivity (Wildman–Crippen MR) is 76.3 cm³/mol. The van der Waals surface area contributed by atoms with Gasteiger partial charge in [-0.2, -0.15) is 0 Å². The normalized spacial score (nSPS) is 19.1. The van der Waals surface area contributed by atoms with Crippen LogP contribution in [0.5, 0.6) is 0 Å². The SMILES string of the molecule is O=C(C(O)c1ccccc1)C1CCCc2cccnc21. The van der Waals surface area contributed by atoms with E-state index in [9.17, 15) is 9.90 Å². The van der Waals surface area contributed by atoms with Gasteiger partial charge < -0.3 is 5.11 Å². The molecule has 1 aromatic carbocycles. The maximum Gasteiger partial charge on any atom is 0.174 e. The van der Waals surface area contributed by atoms with E-state index < -0.39 is 6.10 Å². The summed E-state index contributed by atoms with van der Waals surface area (Å²) in [6.07, 6.45) is 3.37. The molecule has 0 radical (unpaired) electrons. The second kappa shape index (κ2) is 5.55. The molecule has 1 heterocycles. The van der Waals surface area contributed by atoms with Crippen molar-refractivity contribution in [2.45, 2.75) is 31.3 Å². The molecule has 0 aliphatic heterocycles. The molecule has 1 N–H and O–H groups in total. The fourth-order valence-corrected chi connectivity index (χ4v) is 2.88. The zero-order valence-corrected chi connectivity index (χ0v) is 11.2. The summed E-state index contributed by atoms with van der Waals surface area (Å²) < 4.78 is 0. The highest BCUT2D eigenvalue weighted by molar-refractivity contribution is 5.90. The number of aryl methyl sites for hydroxylation is 1. The predicted octanol–water partition coefficient (Wildman–Crippen LogP) is 2.80. The second-order valence-electron chi connectivity index (χ2n) is 5.21. The molecule has 2 unspecified atom stereocenters. The highest BCUT2D eigenvalue weighted by Gasteiger charge is 2.32. The lowest BCUT2D eigenvalue weighted by Gasteiger charge is -2.25. The zero-order chi connectivity index (χ0) is 13.9. The Morgan fingerprint density at radius 1 is 1.20 bits per heavy atom. The summed E-state index contributed by atoms with van der Waals surface area (Å²) >= 11 is 0. The van der Waals surface area contributed by atoms with Gasteiger partial charge in [0.2, 0.25) is 0 Å². The van der Waals surface area contributed by atoms with E-state index in [4.69, 9.17) is 0 Å². The molecular weight excluding hydrogens is 250 g/mol. The Kier molecular flexibility index (Phi) is 3.61. The minimum Gasteiger partial charge on any atom is -0.381 e. The first-order chi connectivity index (χ1) is 9.77. The number of benzene rings is 1. The quantitative estimate of drug-likeness (QED) is 0.930. The smallest absolute Gasteiger partial charge is 0.174 e. The molecule has 1 aromatic heterocycles. The molecule has 0 amide bonds. The minimum absolute atomic E-state index is 0.143. The third kappa shape index (κ3) is 2.37. The lowest BCUT2D eigenvalue weighted by atomic mass is 9.81. The van der Waals surface area contributed by atoms with E-state index in [0.29, 0.717) is 5.56 Å². The number of hydrogen-bond donors (Lipinski definition) is 1. The van der Waals surface area contributed by atoms with E-state index >= 15 is 0 Å². The molecule has 102 valence electrons. The van der Waals surface area contributed by atoms with Gasteiger partial charge in [0.05, 0.1) is 11.6 Å². The molecule has 1 aliphatic carbocycles. The molecule has 2 atom stereocenters. The Morgan fingerprint density at radius 3 is 2.80 bits per heavy atom. The fraction of sp³-hybridized carbons (Fsp3) is 0.294. The zero-order valence-electron chi connectivity index (χ0n) is 11.2. The first kappa shape index (κ1) is 13.0. The van der Waals surface area contributed by atoms with Crippen LogP contribution in [-0.4, -0.2) is 15.9 Å². The van der Waals surface area contributed by atoms with E-state index in [2.05, 4.69) is 4.98 Å². The van der Waals surface area contributed by atoms with Crippen molar-refractivity contribution >= 4 is 5.78 Å². The number of fused-ring (bicyclic) bond motifs is 1. The number of pyridine rings is 1. The molecule has 0 saturated carbocycles. The highest BCUT2D eigenvalue weighted by Crippen LogP contribution is 2.33. The van der Waals surface area contributed by atoms with E-state index in [1.807, 2.05) is 30.3 Å². The van der Waals surface area contributed by atoms with E-state index in [1.165, 1.54) is 0 Å². The minimum atomic E-state index is -1.06. The van der Waals surface area contributed by atoms with Crippen LogP contribution in [0.4, 0.5) is 0 Å². The van der Waals surface area contributed by atoms with Crippen molar-refractivity contribution in [2.75, 3.05) is 0 Å². The number of aliphatic hydroxyl groups excluding tert-OH is 1. The largest absolute Gasteiger partial charge is 0.381 e. The van der Waals surface area contributed by atoms with Crippen LogP contribution in [0, 0.1) is 0 Å². The summed E-state index contributed by atoms with van der Waals surface area (Å²) in [5.41, 5.74) is 2.64. The summed E-state index contributed by atoms with van der Waals surface area (Å²) in [5.74, 6) is -0.425. The standard InChI is InChI=1S/C17H17NO2/c19-16(13-6-2-1-3-7-13)17(20)14-10-4-8-12-9-5-11-18-15(12)14/h1-3,5-7,9,11,14,16,19H,4,8,10H2. The highest BCUT2D eigenvalue weighted by atomic mass is 16.3. The number of aliphatic hydroxyl groups is 1. The number of rotatable bonds is 3. The van der Waals surface area contributed by atoms with Gasteiger partial charge in [-0.25, -0.2) is 0 Å². The molecule has 0 fully saturated rings. The van der Waals surface area contributed by atoms with Gasteiger partial charge in [0.25, 0.3) is 0 Å². The Labute approximate surface area is 118 Å². The first-order valence-corrected chi connectivity index (χ1v) is 6.98. The summed E-state index contributed by atoms with van der Waals surface area (Å²) in [4.78, 5) is 16.9. The number of carbonyl (C=O) groups excluding carboxylic acids is 1. The van der Waals surface area contributed by atoms with Crippen LogP contribution in [0.1, 0.15) is 41.7 Å². The van der Waals surface area contributed by atoms with Crippen molar-refractivity contribution in [3.05, 3.63) is 65.5 Å². The summed E-state index contributed by atoms with van der Waals surface area (Å²) in [5, 5.41) is 10.3. The Bertz CT molecular complexity index is 609. The van der Waals surface area contributed by atoms with Crippen LogP contribution in [0.15, 0.2) is 48.7 Å². The number of aromatic nitrogens is 1. The number of ketones is 1. The fourth-order valence-electron chi connectivity index (χ4n) is 2.88. The van der Waals surface area contributed by atoms with Crippen molar-refractivity contribution < 1.29 is 9.90 Å². The molecular formula is C17H17NO2. The second-order valence-corrected chi connectivity index (χ2v) is 5.21. The molecule has 3 nitrogen and oxygen atoms in total. The van der Waals surface area contributed by atoms with E-state index in [-0.39, 0.29) is 11.7 Å². The topological polar surface area (TPSA) is 50.2 Å². The van der Waals surface area contributed by atoms with Crippen LogP contribution >= 0.6 is 0 Å². The maximum absolute atomic E-state index is 12.6. The summed E-state index contributed by atoms with van der Waals surface area (Å²) in [6, 6.07) is 13.0. The number of carbonyl (C=O) groups is 1. The van der Waals surface area contributed by atoms with Crippen LogP contribution in [-0.2, 0) is 11.2 Å². The lowest BCUT2D eigenvalue weighted by Crippen LogP contribution is -2.25. The molecule has 3 heteroatoms. The van der Waals surface area contributed by atoms with Crippen molar-refractivity contribution in [1.29, 1.82) is 0 Å². The number of Topliss-reactive ketones (excluding diaryl/α,β-unsaturated/α-hetero) is 1. The lowest BCUT2D eigenvalue weighted by molar-refractivity contribution is -0.129. The molecule has 2 aromatic rings. The van der Waals surface area contributed by atoms with Crippen LogP contribution < -0.4 is 0 Å². The molecule has 0 saturated heterocycles. The van der Waals surface area contributed by atoms with Gasteiger partial charge in [0, 0.05) is 6.20 Å². The van der Waals surface area contributed by atoms with Gasteiger partial charge in [-0.1, -0.05) is 36.4 Å². The van der Waals surface area contributed by atoms with Crippen LogP contribution in [0.25, 0.3) is 0 Å². The maximum atomic E-state index is 12.6. The van der Waals surface area contributed by atoms with E-state index in [0.717, 1.165) is 30.5 Å². The number of hydrogen-bond acceptors (Lipinski definition) is 3. The average Bonchev–Trinajstić information content (AvgIpc) is 2.54. The van der Waals surface area contributed by atoms with Gasteiger partial charge >= 0.3 is 0 Å². The molecule has 3 rings (SSSR count). The van der Waals surface area contributed by atoms with Gasteiger partial charge in [-0.15, -0.1) is 0 Å². The number of nitrogens with zero attached hydrogens (tertiary/aromatic N) is 1. The molecule has 20 heavy (non-hydrogen) atoms. The van der Waals surface area contributed by atoms with Crippen LogP contribution in [0.3, 0.4) is 0 Å². The van der Waals surface area contributed by atoms with Crippen LogP contribution in [0.2, 0.25) is 0 Å². The summed E-state index contributed by atoms with van der Waals surface area (Å²) in [7, 11) is 0. The Morgan fingerprint density at radius 2 is 2.00 bits per heavy atom. The van der Waals surface area contributed by atoms with Crippen molar-refractivity contribution in [3.63, 3.8) is 0 Å².